The molecule has 0 fully saturated rings. The molecule has 2 aromatic heterocycles. The molecule has 288 valence electrons. The van der Waals surface area contributed by atoms with Crippen LogP contribution in [0.4, 0.5) is 0 Å². The van der Waals surface area contributed by atoms with E-state index in [1.54, 1.807) is 0 Å². The van der Waals surface area contributed by atoms with E-state index < -0.39 is 0 Å². The van der Waals surface area contributed by atoms with E-state index in [9.17, 15) is 0 Å². The van der Waals surface area contributed by atoms with Gasteiger partial charge in [0.05, 0.1) is 22.6 Å². The first-order valence-corrected chi connectivity index (χ1v) is 21.1. The fraction of sp³-hybridized carbons (Fsp3) is 0. The lowest BCUT2D eigenvalue weighted by atomic mass is 9.92. The largest absolute Gasteiger partial charge is 0.248 e. The van der Waals surface area contributed by atoms with Gasteiger partial charge in [-0.15, -0.1) is 0 Å². The van der Waals surface area contributed by atoms with Gasteiger partial charge in [0, 0.05) is 27.6 Å². The number of nitrogens with zero attached hydrogens (tertiary/aromatic N) is 3. The lowest BCUT2D eigenvalue weighted by Gasteiger charge is -2.15. The predicted octanol–water partition coefficient (Wildman–Crippen LogP) is 15.6. The Bertz CT molecular complexity index is 3580. The van der Waals surface area contributed by atoms with E-state index in [4.69, 9.17) is 15.0 Å². The van der Waals surface area contributed by atoms with E-state index in [2.05, 4.69) is 224 Å². The number of fused-ring (bicyclic) bond motifs is 6. The summed E-state index contributed by atoms with van der Waals surface area (Å²) in [5.41, 5.74) is 12.6. The second-order valence-corrected chi connectivity index (χ2v) is 15.9. The molecule has 0 amide bonds. The van der Waals surface area contributed by atoms with Crippen LogP contribution in [0, 0.1) is 0 Å². The molecule has 2 heterocycles. The number of rotatable bonds is 6. The van der Waals surface area contributed by atoms with Gasteiger partial charge in [-0.3, -0.25) is 0 Å². The monoisotopic (exact) mass is 787 g/mol. The van der Waals surface area contributed by atoms with Crippen molar-refractivity contribution in [3.05, 3.63) is 224 Å². The van der Waals surface area contributed by atoms with Gasteiger partial charge in [-0.2, -0.15) is 0 Å². The summed E-state index contributed by atoms with van der Waals surface area (Å²) >= 11 is 0. The van der Waals surface area contributed by atoms with Crippen molar-refractivity contribution < 1.29 is 0 Å². The molecule has 0 spiro atoms. The van der Waals surface area contributed by atoms with E-state index in [0.29, 0.717) is 5.82 Å². The summed E-state index contributed by atoms with van der Waals surface area (Å²) < 4.78 is 0. The fourth-order valence-electron chi connectivity index (χ4n) is 9.31. The molecule has 0 radical (unpaired) electrons. The minimum atomic E-state index is 0.695. The van der Waals surface area contributed by atoms with Gasteiger partial charge in [-0.25, -0.2) is 15.0 Å². The maximum atomic E-state index is 5.38. The van der Waals surface area contributed by atoms with Crippen LogP contribution in [0.1, 0.15) is 0 Å². The topological polar surface area (TPSA) is 38.7 Å². The van der Waals surface area contributed by atoms with Crippen LogP contribution in [0.25, 0.3) is 121 Å². The minimum absolute atomic E-state index is 0.695. The molecular weight excluding hydrogens is 751 g/mol. The Balaban J connectivity index is 0.988. The van der Waals surface area contributed by atoms with Crippen LogP contribution in [-0.4, -0.2) is 15.0 Å². The number of pyridine rings is 1. The maximum Gasteiger partial charge on any atom is 0.161 e. The highest BCUT2D eigenvalue weighted by molar-refractivity contribution is 6.14. The van der Waals surface area contributed by atoms with Gasteiger partial charge in [0.2, 0.25) is 0 Å². The molecule has 0 aliphatic heterocycles. The van der Waals surface area contributed by atoms with Crippen molar-refractivity contribution in [2.24, 2.45) is 0 Å². The first-order chi connectivity index (χ1) is 30.7. The van der Waals surface area contributed by atoms with Crippen LogP contribution >= 0.6 is 0 Å². The van der Waals surface area contributed by atoms with Crippen molar-refractivity contribution >= 4 is 54.0 Å². The number of aromatic nitrogens is 3. The zero-order chi connectivity index (χ0) is 41.0. The van der Waals surface area contributed by atoms with Crippen LogP contribution in [0.2, 0.25) is 0 Å². The third kappa shape index (κ3) is 6.10. The fourth-order valence-corrected chi connectivity index (χ4v) is 9.31. The van der Waals surface area contributed by atoms with Gasteiger partial charge in [-0.05, 0) is 89.6 Å². The first kappa shape index (κ1) is 35.7. The molecule has 0 saturated heterocycles. The van der Waals surface area contributed by atoms with E-state index in [-0.39, 0.29) is 0 Å². The summed E-state index contributed by atoms with van der Waals surface area (Å²) in [5, 5.41) is 10.5. The maximum absolute atomic E-state index is 5.38. The average molecular weight is 788 g/mol. The van der Waals surface area contributed by atoms with Crippen molar-refractivity contribution in [1.29, 1.82) is 0 Å². The highest BCUT2D eigenvalue weighted by Gasteiger charge is 2.18. The van der Waals surface area contributed by atoms with Crippen molar-refractivity contribution in [2.75, 3.05) is 0 Å². The SMILES string of the molecule is c1ccc(-c2cc(-c3ccc(-c4ccc(-c5nc(-c6cccc7ccccc67)cc(-c6cccc7ccccc67)n5)c5ccccc45)cc3)nc3ccc4ccccc4c23)cc1. The zero-order valence-corrected chi connectivity index (χ0v) is 33.7. The summed E-state index contributed by atoms with van der Waals surface area (Å²) in [5.74, 6) is 0.695. The molecule has 0 aliphatic rings. The lowest BCUT2D eigenvalue weighted by molar-refractivity contribution is 1.19. The second-order valence-electron chi connectivity index (χ2n) is 15.9. The summed E-state index contributed by atoms with van der Waals surface area (Å²) in [6.45, 7) is 0. The highest BCUT2D eigenvalue weighted by Crippen LogP contribution is 2.40. The molecule has 62 heavy (non-hydrogen) atoms. The smallest absolute Gasteiger partial charge is 0.161 e. The number of hydrogen-bond acceptors (Lipinski definition) is 3. The van der Waals surface area contributed by atoms with E-state index in [1.807, 2.05) is 0 Å². The van der Waals surface area contributed by atoms with Crippen molar-refractivity contribution in [3.8, 4) is 67.4 Å². The summed E-state index contributed by atoms with van der Waals surface area (Å²) in [4.78, 5) is 16.0. The number of benzene rings is 10. The third-order valence-electron chi connectivity index (χ3n) is 12.3. The Morgan fingerprint density at radius 2 is 0.726 bits per heavy atom. The molecule has 12 rings (SSSR count). The van der Waals surface area contributed by atoms with Crippen molar-refractivity contribution in [1.82, 2.24) is 15.0 Å². The summed E-state index contributed by atoms with van der Waals surface area (Å²) in [6, 6.07) is 79.8. The van der Waals surface area contributed by atoms with Crippen molar-refractivity contribution in [3.63, 3.8) is 0 Å². The average Bonchev–Trinajstić information content (AvgIpc) is 3.35. The standard InChI is InChI=1S/C59H37N3/c1-2-14-40(15-3-1)53-36-55(60-54-35-32-41-18-6-9-23-47(41)58(53)54)43-30-28-42(29-31-43)46-33-34-52(49-25-11-10-24-48(46)49)59-61-56(50-26-12-19-38-16-4-7-21-44(38)50)37-57(62-59)51-27-13-20-39-17-5-8-22-45(39)51/h1-37H. The Hall–Kier alpha value is -8.27. The number of hydrogen-bond donors (Lipinski definition) is 0. The molecule has 0 unspecified atom stereocenters. The summed E-state index contributed by atoms with van der Waals surface area (Å²) in [7, 11) is 0. The summed E-state index contributed by atoms with van der Waals surface area (Å²) in [6.07, 6.45) is 0. The van der Waals surface area contributed by atoms with Gasteiger partial charge < -0.3 is 0 Å². The van der Waals surface area contributed by atoms with Gasteiger partial charge in [0.25, 0.3) is 0 Å². The Kier molecular flexibility index (Phi) is 8.50. The van der Waals surface area contributed by atoms with Gasteiger partial charge in [0.15, 0.2) is 5.82 Å². The van der Waals surface area contributed by atoms with Crippen molar-refractivity contribution in [2.45, 2.75) is 0 Å². The quantitative estimate of drug-likeness (QED) is 0.158. The Morgan fingerprint density at radius 3 is 1.37 bits per heavy atom. The molecule has 0 saturated carbocycles. The highest BCUT2D eigenvalue weighted by atomic mass is 14.9. The molecule has 0 bridgehead atoms. The third-order valence-corrected chi connectivity index (χ3v) is 12.3. The van der Waals surface area contributed by atoms with Gasteiger partial charge in [0.1, 0.15) is 0 Å². The molecule has 0 atom stereocenters. The molecule has 3 nitrogen and oxygen atoms in total. The van der Waals surface area contributed by atoms with Crippen LogP contribution in [0.15, 0.2) is 224 Å². The second kappa shape index (κ2) is 14.8. The first-order valence-electron chi connectivity index (χ1n) is 21.1. The Morgan fingerprint density at radius 1 is 0.242 bits per heavy atom. The van der Waals surface area contributed by atoms with Crippen LogP contribution in [0.3, 0.4) is 0 Å². The van der Waals surface area contributed by atoms with E-state index >= 15 is 0 Å². The van der Waals surface area contributed by atoms with E-state index in [1.165, 1.54) is 38.1 Å². The van der Waals surface area contributed by atoms with Gasteiger partial charge in [-0.1, -0.05) is 200 Å². The normalized spacial score (nSPS) is 11.5. The van der Waals surface area contributed by atoms with Crippen LogP contribution in [0.5, 0.6) is 0 Å². The lowest BCUT2D eigenvalue weighted by Crippen LogP contribution is -1.98. The zero-order valence-electron chi connectivity index (χ0n) is 33.7. The Labute approximate surface area is 359 Å². The van der Waals surface area contributed by atoms with E-state index in [0.717, 1.165) is 77.5 Å². The molecule has 12 aromatic rings. The van der Waals surface area contributed by atoms with Crippen LogP contribution in [-0.2, 0) is 0 Å². The molecule has 10 aromatic carbocycles. The van der Waals surface area contributed by atoms with Gasteiger partial charge >= 0.3 is 0 Å². The molecular formula is C59H37N3. The molecule has 0 N–H and O–H groups in total. The molecule has 0 aliphatic carbocycles. The minimum Gasteiger partial charge on any atom is -0.248 e. The predicted molar refractivity (Wildman–Crippen MR) is 260 cm³/mol. The molecule has 3 heteroatoms. The van der Waals surface area contributed by atoms with Crippen LogP contribution < -0.4 is 0 Å².